The summed E-state index contributed by atoms with van der Waals surface area (Å²) in [6.45, 7) is 8.03. The van der Waals surface area contributed by atoms with Gasteiger partial charge in [0.2, 0.25) is 0 Å². The number of benzene rings is 1. The zero-order chi connectivity index (χ0) is 14.4. The van der Waals surface area contributed by atoms with E-state index in [0.29, 0.717) is 23.5 Å². The molecule has 2 saturated carbocycles. The van der Waals surface area contributed by atoms with Crippen LogP contribution >= 0.6 is 0 Å². The molecule has 3 atom stereocenters. The molecule has 0 spiro atoms. The highest BCUT2D eigenvalue weighted by Gasteiger charge is 2.59. The van der Waals surface area contributed by atoms with Crippen molar-refractivity contribution < 1.29 is 4.74 Å². The number of anilines is 1. The Hall–Kier alpha value is -1.02. The first kappa shape index (κ1) is 13.9. The molecule has 0 aromatic heterocycles. The second kappa shape index (κ2) is 4.77. The van der Waals surface area contributed by atoms with Crippen LogP contribution in [0.15, 0.2) is 24.3 Å². The molecule has 0 amide bonds. The number of hydrogen-bond donors (Lipinski definition) is 1. The fraction of sp³-hybridized carbons (Fsp3) is 0.667. The fourth-order valence-corrected chi connectivity index (χ4v) is 4.76. The molecule has 2 nitrogen and oxygen atoms in total. The molecule has 2 bridgehead atoms. The van der Waals surface area contributed by atoms with Crippen LogP contribution in [0, 0.1) is 16.7 Å². The topological polar surface area (TPSA) is 21.3 Å². The molecule has 1 unspecified atom stereocenters. The highest BCUT2D eigenvalue weighted by atomic mass is 16.5. The van der Waals surface area contributed by atoms with Crippen molar-refractivity contribution >= 4 is 5.69 Å². The van der Waals surface area contributed by atoms with Crippen LogP contribution in [0.5, 0.6) is 0 Å². The third-order valence-corrected chi connectivity index (χ3v) is 5.89. The molecule has 3 rings (SSSR count). The molecular weight excluding hydrogens is 246 g/mol. The molecule has 1 N–H and O–H groups in total. The van der Waals surface area contributed by atoms with Crippen molar-refractivity contribution in [2.24, 2.45) is 16.7 Å². The van der Waals surface area contributed by atoms with Gasteiger partial charge in [0.05, 0.1) is 6.61 Å². The van der Waals surface area contributed by atoms with Gasteiger partial charge < -0.3 is 10.1 Å². The zero-order valence-corrected chi connectivity index (χ0v) is 13.2. The predicted octanol–water partition coefficient (Wildman–Crippen LogP) is 4.46. The molecule has 110 valence electrons. The monoisotopic (exact) mass is 273 g/mol. The van der Waals surface area contributed by atoms with Crippen LogP contribution in [0.3, 0.4) is 0 Å². The molecule has 0 aliphatic heterocycles. The Labute approximate surface area is 122 Å². The summed E-state index contributed by atoms with van der Waals surface area (Å²) in [5, 5.41) is 3.88. The number of methoxy groups -OCH3 is 1. The summed E-state index contributed by atoms with van der Waals surface area (Å²) < 4.78 is 5.33. The van der Waals surface area contributed by atoms with Crippen LogP contribution in [0.25, 0.3) is 0 Å². The lowest BCUT2D eigenvalue weighted by Gasteiger charge is -2.44. The van der Waals surface area contributed by atoms with E-state index in [1.807, 2.05) is 0 Å². The molecule has 0 saturated heterocycles. The summed E-state index contributed by atoms with van der Waals surface area (Å²) in [6, 6.07) is 9.12. The lowest BCUT2D eigenvalue weighted by molar-refractivity contribution is 0.154. The molecule has 1 aromatic rings. The number of para-hydroxylation sites is 1. The second-order valence-electron chi connectivity index (χ2n) is 7.58. The van der Waals surface area contributed by atoms with E-state index < -0.39 is 0 Å². The molecule has 0 radical (unpaired) electrons. The van der Waals surface area contributed by atoms with E-state index in [1.54, 1.807) is 7.11 Å². The van der Waals surface area contributed by atoms with Gasteiger partial charge in [-0.1, -0.05) is 39.0 Å². The molecule has 2 fully saturated rings. The summed E-state index contributed by atoms with van der Waals surface area (Å²) in [5.41, 5.74) is 3.35. The van der Waals surface area contributed by atoms with Gasteiger partial charge >= 0.3 is 0 Å². The van der Waals surface area contributed by atoms with E-state index in [0.717, 1.165) is 5.92 Å². The Balaban J connectivity index is 1.88. The van der Waals surface area contributed by atoms with Gasteiger partial charge in [0.1, 0.15) is 0 Å². The average Bonchev–Trinajstić information content (AvgIpc) is 2.88. The van der Waals surface area contributed by atoms with Gasteiger partial charge in [-0.2, -0.15) is 0 Å². The largest absolute Gasteiger partial charge is 0.381 e. The molecular formula is C18H27NO. The lowest BCUT2D eigenvalue weighted by atomic mass is 9.68. The van der Waals surface area contributed by atoms with E-state index in [9.17, 15) is 0 Å². The quantitative estimate of drug-likeness (QED) is 0.874. The zero-order valence-electron chi connectivity index (χ0n) is 13.2. The van der Waals surface area contributed by atoms with Gasteiger partial charge in [-0.25, -0.2) is 0 Å². The lowest BCUT2D eigenvalue weighted by Crippen LogP contribution is -2.45. The minimum Gasteiger partial charge on any atom is -0.381 e. The first-order chi connectivity index (χ1) is 9.47. The number of fused-ring (bicyclic) bond motifs is 2. The number of rotatable bonds is 4. The summed E-state index contributed by atoms with van der Waals surface area (Å²) in [5.74, 6) is 0.875. The van der Waals surface area contributed by atoms with Gasteiger partial charge in [-0.15, -0.1) is 0 Å². The van der Waals surface area contributed by atoms with Crippen LogP contribution in [0.1, 0.15) is 45.6 Å². The van der Waals surface area contributed by atoms with Gasteiger partial charge in [0.15, 0.2) is 0 Å². The Morgan fingerprint density at radius 3 is 2.65 bits per heavy atom. The highest BCUT2D eigenvalue weighted by molar-refractivity contribution is 5.52. The smallest absolute Gasteiger partial charge is 0.0733 e. The maximum Gasteiger partial charge on any atom is 0.0733 e. The number of hydrogen-bond acceptors (Lipinski definition) is 2. The first-order valence-electron chi connectivity index (χ1n) is 7.81. The summed E-state index contributed by atoms with van der Waals surface area (Å²) in [6.07, 6.45) is 4.15. The van der Waals surface area contributed by atoms with Crippen LogP contribution in [0.4, 0.5) is 5.69 Å². The molecule has 0 heterocycles. The molecule has 1 aromatic carbocycles. The minimum atomic E-state index is 0.382. The Kier molecular flexibility index (Phi) is 3.32. The van der Waals surface area contributed by atoms with E-state index in [2.05, 4.69) is 50.4 Å². The number of nitrogens with one attached hydrogen (secondary N) is 1. The molecule has 20 heavy (non-hydrogen) atoms. The third kappa shape index (κ3) is 2.05. The summed E-state index contributed by atoms with van der Waals surface area (Å²) in [4.78, 5) is 0. The van der Waals surface area contributed by atoms with Gasteiger partial charge in [0.25, 0.3) is 0 Å². The van der Waals surface area contributed by atoms with Crippen LogP contribution in [-0.2, 0) is 11.3 Å². The van der Waals surface area contributed by atoms with Crippen LogP contribution in [-0.4, -0.2) is 13.2 Å². The van der Waals surface area contributed by atoms with Crippen molar-refractivity contribution in [3.8, 4) is 0 Å². The van der Waals surface area contributed by atoms with E-state index in [-0.39, 0.29) is 0 Å². The standard InChI is InChI=1S/C18H27NO/c1-17(2)14-9-10-18(3,11-14)16(17)19-15-8-6-5-7-13(15)12-20-4/h5-8,14,16,19H,9-12H2,1-4H3/t14-,16?,18+/m0/s1. The highest BCUT2D eigenvalue weighted by Crippen LogP contribution is 2.63. The molecule has 2 aliphatic carbocycles. The Morgan fingerprint density at radius 1 is 1.25 bits per heavy atom. The van der Waals surface area contributed by atoms with E-state index in [4.69, 9.17) is 4.74 Å². The molecule has 2 aliphatic rings. The predicted molar refractivity (Wildman–Crippen MR) is 83.8 cm³/mol. The molecule has 2 heteroatoms. The van der Waals surface area contributed by atoms with E-state index in [1.165, 1.54) is 30.5 Å². The van der Waals surface area contributed by atoms with Gasteiger partial charge in [0, 0.05) is 24.4 Å². The normalized spacial score (nSPS) is 34.4. The van der Waals surface area contributed by atoms with Crippen molar-refractivity contribution in [1.29, 1.82) is 0 Å². The Morgan fingerprint density at radius 2 is 2.00 bits per heavy atom. The minimum absolute atomic E-state index is 0.382. The number of ether oxygens (including phenoxy) is 1. The SMILES string of the molecule is COCc1ccccc1NC1C(C)(C)[C@H]2CC[C@]1(C)C2. The fourth-order valence-electron chi connectivity index (χ4n) is 4.76. The van der Waals surface area contributed by atoms with Crippen molar-refractivity contribution in [2.45, 2.75) is 52.7 Å². The van der Waals surface area contributed by atoms with E-state index >= 15 is 0 Å². The van der Waals surface area contributed by atoms with Crippen molar-refractivity contribution in [1.82, 2.24) is 0 Å². The summed E-state index contributed by atoms with van der Waals surface area (Å²) in [7, 11) is 1.76. The van der Waals surface area contributed by atoms with Crippen molar-refractivity contribution in [3.05, 3.63) is 29.8 Å². The third-order valence-electron chi connectivity index (χ3n) is 5.89. The maximum atomic E-state index is 5.33. The maximum absolute atomic E-state index is 5.33. The van der Waals surface area contributed by atoms with Crippen molar-refractivity contribution in [3.63, 3.8) is 0 Å². The van der Waals surface area contributed by atoms with Gasteiger partial charge in [-0.3, -0.25) is 0 Å². The average molecular weight is 273 g/mol. The second-order valence-corrected chi connectivity index (χ2v) is 7.58. The first-order valence-corrected chi connectivity index (χ1v) is 7.81. The Bertz CT molecular complexity index is 491. The van der Waals surface area contributed by atoms with Gasteiger partial charge in [-0.05, 0) is 42.1 Å². The van der Waals surface area contributed by atoms with Crippen LogP contribution in [0.2, 0.25) is 0 Å². The van der Waals surface area contributed by atoms with Crippen molar-refractivity contribution in [2.75, 3.05) is 12.4 Å². The summed E-state index contributed by atoms with van der Waals surface area (Å²) >= 11 is 0. The van der Waals surface area contributed by atoms with Crippen LogP contribution < -0.4 is 5.32 Å².